The van der Waals surface area contributed by atoms with E-state index >= 15 is 0 Å². The number of hydrogen-bond donors (Lipinski definition) is 2. The Morgan fingerprint density at radius 2 is 1.81 bits per heavy atom. The molecule has 1 amide bonds. The number of likely N-dealkylation sites (N-methyl/N-ethyl adjacent to an activating group) is 1. The van der Waals surface area contributed by atoms with E-state index in [2.05, 4.69) is 31.5 Å². The summed E-state index contributed by atoms with van der Waals surface area (Å²) in [5, 5.41) is 1.98. The minimum absolute atomic E-state index is 0.0595. The average molecular weight is 292 g/mol. The molecule has 2 rings (SSSR count). The molecule has 0 atom stereocenters. The fraction of sp³-hybridized carbons (Fsp3) is 0.562. The van der Waals surface area contributed by atoms with Crippen LogP contribution < -0.4 is 15.1 Å². The molecule has 0 saturated carbocycles. The molecule has 1 aromatic carbocycles. The number of nitrogens with one attached hydrogen (secondary N) is 2. The second-order valence-electron chi connectivity index (χ2n) is 6.00. The number of piperazine rings is 1. The Bertz CT molecular complexity index is 485. The lowest BCUT2D eigenvalue weighted by Crippen LogP contribution is -3.12. The number of rotatable bonds is 4. The second-order valence-corrected chi connectivity index (χ2v) is 6.00. The van der Waals surface area contributed by atoms with Crippen LogP contribution in [-0.4, -0.2) is 50.7 Å². The molecule has 0 unspecified atom stereocenters. The van der Waals surface area contributed by atoms with Gasteiger partial charge in [0.2, 0.25) is 0 Å². The largest absolute Gasteiger partial charge is 0.483 e. The number of carbonyl (C=O) groups is 1. The first-order chi connectivity index (χ1) is 9.95. The molecule has 1 saturated heterocycles. The van der Waals surface area contributed by atoms with Crippen LogP contribution in [0.1, 0.15) is 16.7 Å². The summed E-state index contributed by atoms with van der Waals surface area (Å²) in [5.74, 6) is 0.729. The van der Waals surface area contributed by atoms with E-state index in [9.17, 15) is 4.79 Å². The molecule has 1 aliphatic heterocycles. The highest BCUT2D eigenvalue weighted by Crippen LogP contribution is 2.24. The van der Waals surface area contributed by atoms with Gasteiger partial charge in [-0.3, -0.25) is 10.2 Å². The van der Waals surface area contributed by atoms with Crippen LogP contribution in [0.4, 0.5) is 0 Å². The summed E-state index contributed by atoms with van der Waals surface area (Å²) in [4.78, 5) is 13.5. The van der Waals surface area contributed by atoms with Gasteiger partial charge in [-0.15, -0.1) is 0 Å². The molecule has 1 fully saturated rings. The van der Waals surface area contributed by atoms with Gasteiger partial charge in [0.05, 0.1) is 33.2 Å². The number of amides is 1. The van der Waals surface area contributed by atoms with E-state index in [1.807, 2.05) is 18.9 Å². The third-order valence-corrected chi connectivity index (χ3v) is 3.85. The lowest BCUT2D eigenvalue weighted by molar-refractivity contribution is -0.884. The van der Waals surface area contributed by atoms with Crippen molar-refractivity contribution in [1.29, 1.82) is 0 Å². The molecule has 1 heterocycles. The zero-order valence-corrected chi connectivity index (χ0v) is 13.5. The van der Waals surface area contributed by atoms with Gasteiger partial charge in [0.15, 0.2) is 6.61 Å². The summed E-state index contributed by atoms with van der Waals surface area (Å²) in [6, 6.07) is 4.15. The number of aryl methyl sites for hydroxylation is 3. The lowest BCUT2D eigenvalue weighted by atomic mass is 10.1. The Morgan fingerprint density at radius 3 is 2.38 bits per heavy atom. The lowest BCUT2D eigenvalue weighted by Gasteiger charge is -2.30. The molecular weight excluding hydrogens is 266 g/mol. The topological polar surface area (TPSA) is 46.0 Å². The summed E-state index contributed by atoms with van der Waals surface area (Å²) in [7, 11) is 2.17. The van der Waals surface area contributed by atoms with Crippen LogP contribution in [0.2, 0.25) is 0 Å². The molecule has 2 N–H and O–H groups in total. The predicted molar refractivity (Wildman–Crippen MR) is 82.5 cm³/mol. The van der Waals surface area contributed by atoms with Gasteiger partial charge in [-0.2, -0.15) is 0 Å². The van der Waals surface area contributed by atoms with Crippen molar-refractivity contribution in [3.63, 3.8) is 0 Å². The maximum absolute atomic E-state index is 12.0. The van der Waals surface area contributed by atoms with E-state index in [-0.39, 0.29) is 12.5 Å². The van der Waals surface area contributed by atoms with E-state index in [0.717, 1.165) is 43.1 Å². The van der Waals surface area contributed by atoms with Crippen LogP contribution in [0.15, 0.2) is 12.1 Å². The molecule has 0 bridgehead atoms. The predicted octanol–water partition coefficient (Wildman–Crippen LogP) is -0.148. The van der Waals surface area contributed by atoms with E-state index in [1.165, 1.54) is 10.5 Å². The van der Waals surface area contributed by atoms with Crippen molar-refractivity contribution in [3.8, 4) is 5.75 Å². The molecule has 0 aliphatic carbocycles. The van der Waals surface area contributed by atoms with Crippen LogP contribution in [0.3, 0.4) is 0 Å². The summed E-state index contributed by atoms with van der Waals surface area (Å²) in [5.41, 5.74) is 6.27. The van der Waals surface area contributed by atoms with Gasteiger partial charge in [-0.25, -0.2) is 5.01 Å². The molecule has 5 nitrogen and oxygen atoms in total. The van der Waals surface area contributed by atoms with Gasteiger partial charge < -0.3 is 9.64 Å². The molecule has 0 radical (unpaired) electrons. The van der Waals surface area contributed by atoms with Crippen LogP contribution in [0.5, 0.6) is 5.75 Å². The normalized spacial score (nSPS) is 16.8. The highest BCUT2D eigenvalue weighted by molar-refractivity contribution is 5.77. The highest BCUT2D eigenvalue weighted by Gasteiger charge is 2.18. The maximum Gasteiger partial charge on any atom is 0.272 e. The van der Waals surface area contributed by atoms with Gasteiger partial charge in [-0.05, 0) is 31.9 Å². The molecule has 21 heavy (non-hydrogen) atoms. The van der Waals surface area contributed by atoms with Gasteiger partial charge in [0.25, 0.3) is 5.91 Å². The number of ether oxygens (including phenoxy) is 1. The van der Waals surface area contributed by atoms with Crippen molar-refractivity contribution >= 4 is 5.91 Å². The summed E-state index contributed by atoms with van der Waals surface area (Å²) in [6.07, 6.45) is 0. The Labute approximate surface area is 126 Å². The summed E-state index contributed by atoms with van der Waals surface area (Å²) >= 11 is 0. The Kier molecular flexibility index (Phi) is 5.20. The monoisotopic (exact) mass is 292 g/mol. The standard InChI is InChI=1S/C16H25N3O2/c1-12-9-13(2)16(14(3)10-12)21-11-15(20)17-19-7-5-18(4)6-8-19/h9-10H,5-8,11H2,1-4H3,(H,17,20)/p+1. The van der Waals surface area contributed by atoms with Crippen LogP contribution >= 0.6 is 0 Å². The number of nitrogens with zero attached hydrogens (tertiary/aromatic N) is 1. The van der Waals surface area contributed by atoms with E-state index in [1.54, 1.807) is 0 Å². The number of hydrazine groups is 1. The second kappa shape index (κ2) is 6.91. The third kappa shape index (κ3) is 4.44. The Morgan fingerprint density at radius 1 is 1.24 bits per heavy atom. The first kappa shape index (κ1) is 15.8. The van der Waals surface area contributed by atoms with Gasteiger partial charge in [-0.1, -0.05) is 17.7 Å². The molecule has 1 aromatic rings. The highest BCUT2D eigenvalue weighted by atomic mass is 16.5. The number of quaternary nitrogens is 1. The van der Waals surface area contributed by atoms with Gasteiger partial charge in [0, 0.05) is 0 Å². The average Bonchev–Trinajstić information content (AvgIpc) is 2.40. The first-order valence-corrected chi connectivity index (χ1v) is 7.52. The van der Waals surface area contributed by atoms with Crippen molar-refractivity contribution in [2.45, 2.75) is 20.8 Å². The fourth-order valence-corrected chi connectivity index (χ4v) is 2.74. The molecule has 1 aliphatic rings. The van der Waals surface area contributed by atoms with Crippen molar-refractivity contribution in [1.82, 2.24) is 10.4 Å². The van der Waals surface area contributed by atoms with Crippen LogP contribution in [-0.2, 0) is 4.79 Å². The number of carbonyl (C=O) groups excluding carboxylic acids is 1. The summed E-state index contributed by atoms with van der Waals surface area (Å²) < 4.78 is 5.70. The quantitative estimate of drug-likeness (QED) is 0.811. The third-order valence-electron chi connectivity index (χ3n) is 3.85. The van der Waals surface area contributed by atoms with E-state index in [0.29, 0.717) is 0 Å². The van der Waals surface area contributed by atoms with Gasteiger partial charge >= 0.3 is 0 Å². The Hall–Kier alpha value is -1.59. The molecule has 0 spiro atoms. The SMILES string of the molecule is Cc1cc(C)c(OCC(=O)NN2CC[NH+](C)CC2)c(C)c1. The maximum atomic E-state index is 12.0. The first-order valence-electron chi connectivity index (χ1n) is 7.52. The van der Waals surface area contributed by atoms with Crippen LogP contribution in [0, 0.1) is 20.8 Å². The minimum Gasteiger partial charge on any atom is -0.483 e. The molecule has 116 valence electrons. The smallest absolute Gasteiger partial charge is 0.272 e. The molecular formula is C16H26N3O2+. The molecule has 0 aromatic heterocycles. The number of benzene rings is 1. The molecule has 5 heteroatoms. The zero-order valence-electron chi connectivity index (χ0n) is 13.5. The van der Waals surface area contributed by atoms with E-state index < -0.39 is 0 Å². The van der Waals surface area contributed by atoms with Crippen molar-refractivity contribution in [3.05, 3.63) is 28.8 Å². The van der Waals surface area contributed by atoms with Crippen molar-refractivity contribution in [2.75, 3.05) is 39.8 Å². The Balaban J connectivity index is 1.84. The van der Waals surface area contributed by atoms with Crippen molar-refractivity contribution < 1.29 is 14.4 Å². The van der Waals surface area contributed by atoms with Crippen molar-refractivity contribution in [2.24, 2.45) is 0 Å². The van der Waals surface area contributed by atoms with Crippen LogP contribution in [0.25, 0.3) is 0 Å². The zero-order chi connectivity index (χ0) is 15.4. The van der Waals surface area contributed by atoms with Gasteiger partial charge in [0.1, 0.15) is 5.75 Å². The summed E-state index contributed by atoms with van der Waals surface area (Å²) in [6.45, 7) is 10.0. The minimum atomic E-state index is -0.0890. The fourth-order valence-electron chi connectivity index (χ4n) is 2.74. The van der Waals surface area contributed by atoms with E-state index in [4.69, 9.17) is 4.74 Å². The number of hydrogen-bond acceptors (Lipinski definition) is 3.